The van der Waals surface area contributed by atoms with Gasteiger partial charge in [0.1, 0.15) is 10.8 Å². The maximum absolute atomic E-state index is 5.68. The van der Waals surface area contributed by atoms with Gasteiger partial charge in [-0.2, -0.15) is 0 Å². The van der Waals surface area contributed by atoms with Gasteiger partial charge in [0.15, 0.2) is 0 Å². The third-order valence-electron chi connectivity index (χ3n) is 2.54. The Morgan fingerprint density at radius 3 is 2.94 bits per heavy atom. The van der Waals surface area contributed by atoms with Crippen LogP contribution in [-0.4, -0.2) is 16.5 Å². The second-order valence-corrected chi connectivity index (χ2v) is 5.44. The molecule has 0 aliphatic carbocycles. The van der Waals surface area contributed by atoms with E-state index >= 15 is 0 Å². The summed E-state index contributed by atoms with van der Waals surface area (Å²) in [6.07, 6.45) is 0.976. The number of nitrogens with zero attached hydrogens (tertiary/aromatic N) is 1. The van der Waals surface area contributed by atoms with Crippen molar-refractivity contribution < 1.29 is 0 Å². The van der Waals surface area contributed by atoms with Gasteiger partial charge in [0, 0.05) is 17.1 Å². The molecule has 0 saturated heterocycles. The predicted molar refractivity (Wildman–Crippen MR) is 81.4 cm³/mol. The molecule has 5 heteroatoms. The summed E-state index contributed by atoms with van der Waals surface area (Å²) in [5.41, 5.74) is 7.44. The van der Waals surface area contributed by atoms with Gasteiger partial charge >= 0.3 is 0 Å². The first kappa shape index (κ1) is 13.0. The largest absolute Gasteiger partial charge is 0.389 e. The topological polar surface area (TPSA) is 50.9 Å². The van der Waals surface area contributed by atoms with Crippen molar-refractivity contribution >= 4 is 34.4 Å². The standard InChI is InChI=1S/C13H15N3S2/c1-9-4-5-11(12(14)17)13(16-9)15-7-6-10-3-2-8-18-10/h2-5,8H,6-7H2,1H3,(H2,14,17)(H,15,16). The molecule has 0 aromatic carbocycles. The van der Waals surface area contributed by atoms with Crippen LogP contribution in [0.5, 0.6) is 0 Å². The van der Waals surface area contributed by atoms with E-state index in [1.54, 1.807) is 11.3 Å². The van der Waals surface area contributed by atoms with Gasteiger partial charge in [0.25, 0.3) is 0 Å². The number of thiocarbonyl (C=S) groups is 1. The summed E-state index contributed by atoms with van der Waals surface area (Å²) in [6, 6.07) is 8.02. The minimum Gasteiger partial charge on any atom is -0.389 e. The lowest BCUT2D eigenvalue weighted by Crippen LogP contribution is -2.16. The smallest absolute Gasteiger partial charge is 0.136 e. The van der Waals surface area contributed by atoms with E-state index in [0.717, 1.165) is 30.0 Å². The van der Waals surface area contributed by atoms with Crippen LogP contribution in [0.25, 0.3) is 0 Å². The van der Waals surface area contributed by atoms with Crippen LogP contribution < -0.4 is 11.1 Å². The zero-order chi connectivity index (χ0) is 13.0. The van der Waals surface area contributed by atoms with Crippen LogP contribution in [0.2, 0.25) is 0 Å². The molecule has 0 aliphatic heterocycles. The maximum atomic E-state index is 5.68. The molecule has 0 bridgehead atoms. The summed E-state index contributed by atoms with van der Waals surface area (Å²) in [4.78, 5) is 6.17. The number of nitrogens with two attached hydrogens (primary N) is 1. The molecule has 2 rings (SSSR count). The highest BCUT2D eigenvalue weighted by molar-refractivity contribution is 7.80. The molecule has 0 aliphatic rings. The van der Waals surface area contributed by atoms with Gasteiger partial charge in [-0.15, -0.1) is 11.3 Å². The molecule has 0 radical (unpaired) electrons. The van der Waals surface area contributed by atoms with E-state index in [1.807, 2.05) is 19.1 Å². The van der Waals surface area contributed by atoms with Gasteiger partial charge in [-0.25, -0.2) is 4.98 Å². The minimum atomic E-state index is 0.376. The van der Waals surface area contributed by atoms with Gasteiger partial charge in [0.2, 0.25) is 0 Å². The quantitative estimate of drug-likeness (QED) is 0.825. The molecule has 2 heterocycles. The number of nitrogens with one attached hydrogen (secondary N) is 1. The van der Waals surface area contributed by atoms with Crippen LogP contribution in [-0.2, 0) is 6.42 Å². The Labute approximate surface area is 116 Å². The maximum Gasteiger partial charge on any atom is 0.136 e. The van der Waals surface area contributed by atoms with E-state index in [2.05, 4.69) is 27.8 Å². The number of thiophene rings is 1. The average Bonchev–Trinajstić information content (AvgIpc) is 2.82. The number of aromatic nitrogens is 1. The fourth-order valence-electron chi connectivity index (χ4n) is 1.65. The summed E-state index contributed by atoms with van der Waals surface area (Å²) in [6.45, 7) is 2.78. The zero-order valence-electron chi connectivity index (χ0n) is 10.1. The molecule has 0 amide bonds. The summed E-state index contributed by atoms with van der Waals surface area (Å²) in [5, 5.41) is 5.39. The normalized spacial score (nSPS) is 10.3. The number of anilines is 1. The lowest BCUT2D eigenvalue weighted by atomic mass is 10.2. The number of hydrogen-bond donors (Lipinski definition) is 2. The highest BCUT2D eigenvalue weighted by atomic mass is 32.1. The molecule has 3 nitrogen and oxygen atoms in total. The van der Waals surface area contributed by atoms with Crippen molar-refractivity contribution in [1.29, 1.82) is 0 Å². The third-order valence-corrected chi connectivity index (χ3v) is 3.70. The Morgan fingerprint density at radius 1 is 1.44 bits per heavy atom. The Kier molecular flexibility index (Phi) is 4.28. The monoisotopic (exact) mass is 277 g/mol. The fraction of sp³-hybridized carbons (Fsp3) is 0.231. The van der Waals surface area contributed by atoms with Crippen molar-refractivity contribution in [2.24, 2.45) is 5.73 Å². The van der Waals surface area contributed by atoms with E-state index in [9.17, 15) is 0 Å². The van der Waals surface area contributed by atoms with E-state index in [1.165, 1.54) is 4.88 Å². The molecule has 0 atom stereocenters. The van der Waals surface area contributed by atoms with Gasteiger partial charge in [-0.1, -0.05) is 18.3 Å². The van der Waals surface area contributed by atoms with Gasteiger partial charge in [-0.3, -0.25) is 0 Å². The van der Waals surface area contributed by atoms with Crippen LogP contribution in [0.15, 0.2) is 29.6 Å². The molecule has 94 valence electrons. The van der Waals surface area contributed by atoms with Crippen LogP contribution in [0.3, 0.4) is 0 Å². The summed E-state index contributed by atoms with van der Waals surface area (Å²) in [5.74, 6) is 0.777. The van der Waals surface area contributed by atoms with Crippen LogP contribution in [0.1, 0.15) is 16.1 Å². The molecule has 2 aromatic heterocycles. The average molecular weight is 277 g/mol. The van der Waals surface area contributed by atoms with Crippen molar-refractivity contribution in [3.05, 3.63) is 45.8 Å². The van der Waals surface area contributed by atoms with Gasteiger partial charge in [0.05, 0.1) is 5.56 Å². The summed E-state index contributed by atoms with van der Waals surface area (Å²) < 4.78 is 0. The Bertz CT molecular complexity index is 535. The van der Waals surface area contributed by atoms with Crippen LogP contribution in [0.4, 0.5) is 5.82 Å². The van der Waals surface area contributed by atoms with Crippen molar-refractivity contribution in [2.45, 2.75) is 13.3 Å². The van der Waals surface area contributed by atoms with Crippen molar-refractivity contribution in [3.63, 3.8) is 0 Å². The first-order valence-electron chi connectivity index (χ1n) is 5.70. The second-order valence-electron chi connectivity index (χ2n) is 3.97. The minimum absolute atomic E-state index is 0.376. The summed E-state index contributed by atoms with van der Waals surface area (Å²) in [7, 11) is 0. The number of hydrogen-bond acceptors (Lipinski definition) is 4. The molecule has 0 spiro atoms. The molecule has 18 heavy (non-hydrogen) atoms. The van der Waals surface area contributed by atoms with Crippen LogP contribution >= 0.6 is 23.6 Å². The number of aryl methyl sites for hydroxylation is 1. The Hall–Kier alpha value is -1.46. The lowest BCUT2D eigenvalue weighted by Gasteiger charge is -2.10. The molecule has 0 unspecified atom stereocenters. The van der Waals surface area contributed by atoms with E-state index < -0.39 is 0 Å². The van der Waals surface area contributed by atoms with Crippen molar-refractivity contribution in [1.82, 2.24) is 4.98 Å². The van der Waals surface area contributed by atoms with Gasteiger partial charge in [-0.05, 0) is 36.9 Å². The van der Waals surface area contributed by atoms with Crippen LogP contribution in [0, 0.1) is 6.92 Å². The molecule has 0 fully saturated rings. The first-order chi connectivity index (χ1) is 8.66. The fourth-order valence-corrected chi connectivity index (χ4v) is 2.52. The van der Waals surface area contributed by atoms with Gasteiger partial charge < -0.3 is 11.1 Å². The Balaban J connectivity index is 2.03. The Morgan fingerprint density at radius 2 is 2.28 bits per heavy atom. The third kappa shape index (κ3) is 3.27. The molecular weight excluding hydrogens is 262 g/mol. The van der Waals surface area contributed by atoms with E-state index in [-0.39, 0.29) is 0 Å². The van der Waals surface area contributed by atoms with E-state index in [0.29, 0.717) is 4.99 Å². The van der Waals surface area contributed by atoms with Crippen molar-refractivity contribution in [2.75, 3.05) is 11.9 Å². The lowest BCUT2D eigenvalue weighted by molar-refractivity contribution is 1.02. The predicted octanol–water partition coefficient (Wildman–Crippen LogP) is 2.74. The first-order valence-corrected chi connectivity index (χ1v) is 6.99. The van der Waals surface area contributed by atoms with Crippen molar-refractivity contribution in [3.8, 4) is 0 Å². The zero-order valence-corrected chi connectivity index (χ0v) is 11.8. The molecule has 0 saturated carbocycles. The summed E-state index contributed by atoms with van der Waals surface area (Å²) >= 11 is 6.78. The molecule has 2 aromatic rings. The highest BCUT2D eigenvalue weighted by Gasteiger charge is 2.06. The molecular formula is C13H15N3S2. The number of pyridine rings is 1. The SMILES string of the molecule is Cc1ccc(C(N)=S)c(NCCc2cccs2)n1. The highest BCUT2D eigenvalue weighted by Crippen LogP contribution is 2.14. The van der Waals surface area contributed by atoms with E-state index in [4.69, 9.17) is 18.0 Å². The molecule has 3 N–H and O–H groups in total. The number of rotatable bonds is 5. The second kappa shape index (κ2) is 5.93.